The van der Waals surface area contributed by atoms with Crippen LogP contribution in [0.2, 0.25) is 0 Å². The van der Waals surface area contributed by atoms with Crippen LogP contribution in [0.4, 0.5) is 0 Å². The number of thiophene rings is 1. The van der Waals surface area contributed by atoms with Gasteiger partial charge in [0.2, 0.25) is 0 Å². The fourth-order valence-electron chi connectivity index (χ4n) is 2.06. The molecule has 1 aliphatic rings. The summed E-state index contributed by atoms with van der Waals surface area (Å²) in [5.41, 5.74) is 2.31. The van der Waals surface area contributed by atoms with Crippen molar-refractivity contribution in [1.82, 2.24) is 0 Å². The van der Waals surface area contributed by atoms with Crippen molar-refractivity contribution in [3.8, 4) is 22.3 Å². The lowest BCUT2D eigenvalue weighted by Gasteiger charge is -2.07. The fourth-order valence-corrected chi connectivity index (χ4v) is 3.34. The molecular formula is C13H10N2OS2. The van der Waals surface area contributed by atoms with Gasteiger partial charge in [0, 0.05) is 11.3 Å². The normalized spacial score (nSPS) is 12.9. The molecular weight excluding hydrogens is 264 g/mol. The predicted octanol–water partition coefficient (Wildman–Crippen LogP) is 3.19. The second kappa shape index (κ2) is 4.65. The van der Waals surface area contributed by atoms with Crippen molar-refractivity contribution in [3.63, 3.8) is 0 Å². The Balaban J connectivity index is 2.10. The van der Waals surface area contributed by atoms with Gasteiger partial charge in [-0.2, -0.15) is 5.26 Å². The third-order valence-electron chi connectivity index (χ3n) is 2.88. The zero-order valence-electron chi connectivity index (χ0n) is 9.47. The maximum absolute atomic E-state index is 8.87. The van der Waals surface area contributed by atoms with Crippen LogP contribution >= 0.6 is 23.3 Å². The molecule has 2 aromatic rings. The van der Waals surface area contributed by atoms with Gasteiger partial charge in [-0.1, -0.05) is 0 Å². The minimum Gasteiger partial charge on any atom is -0.492 e. The highest BCUT2D eigenvalue weighted by Gasteiger charge is 2.18. The third-order valence-corrected chi connectivity index (χ3v) is 4.47. The van der Waals surface area contributed by atoms with E-state index in [-0.39, 0.29) is 0 Å². The summed E-state index contributed by atoms with van der Waals surface area (Å²) in [6.07, 6.45) is 0.924. The molecule has 0 saturated carbocycles. The minimum absolute atomic E-state index is 0.722. The molecule has 1 aliphatic heterocycles. The Morgan fingerprint density at radius 2 is 2.28 bits per heavy atom. The Hall–Kier alpha value is -1.48. The average molecular weight is 274 g/mol. The van der Waals surface area contributed by atoms with E-state index in [4.69, 9.17) is 15.1 Å². The molecule has 3 nitrogen and oxygen atoms in total. The maximum Gasteiger partial charge on any atom is 0.137 e. The summed E-state index contributed by atoms with van der Waals surface area (Å²) in [4.78, 5) is 2.78. The van der Waals surface area contributed by atoms with E-state index in [9.17, 15) is 0 Å². The first kappa shape index (κ1) is 11.6. The number of hydrogen-bond acceptors (Lipinski definition) is 5. The van der Waals surface area contributed by atoms with Crippen LogP contribution in [0.1, 0.15) is 10.4 Å². The van der Waals surface area contributed by atoms with Gasteiger partial charge in [0.1, 0.15) is 16.7 Å². The van der Waals surface area contributed by atoms with Crippen LogP contribution in [0.3, 0.4) is 0 Å². The van der Waals surface area contributed by atoms with Crippen LogP contribution in [-0.4, -0.2) is 6.61 Å². The summed E-state index contributed by atoms with van der Waals surface area (Å²) in [6.45, 7) is 0.722. The van der Waals surface area contributed by atoms with E-state index < -0.39 is 0 Å². The van der Waals surface area contributed by atoms with Gasteiger partial charge in [-0.05, 0) is 47.3 Å². The van der Waals surface area contributed by atoms with Crippen LogP contribution in [-0.2, 0) is 6.42 Å². The molecule has 0 aliphatic carbocycles. The molecule has 2 heterocycles. The van der Waals surface area contributed by atoms with E-state index in [1.54, 1.807) is 0 Å². The minimum atomic E-state index is 0.722. The zero-order chi connectivity index (χ0) is 12.5. The monoisotopic (exact) mass is 274 g/mol. The smallest absolute Gasteiger partial charge is 0.137 e. The van der Waals surface area contributed by atoms with Gasteiger partial charge < -0.3 is 4.74 Å². The lowest BCUT2D eigenvalue weighted by molar-refractivity contribution is 0.350. The SMILES string of the molecule is N#Cc1ccc(-c2cc3c(c(SN)c2)OCC3)s1. The molecule has 3 rings (SSSR count). The Kier molecular flexibility index (Phi) is 3.00. The molecule has 1 aromatic carbocycles. The Bertz CT molecular complexity index is 643. The van der Waals surface area contributed by atoms with Crippen LogP contribution in [0.15, 0.2) is 29.2 Å². The molecule has 0 bridgehead atoms. The summed E-state index contributed by atoms with van der Waals surface area (Å²) in [5, 5.41) is 14.6. The van der Waals surface area contributed by atoms with Gasteiger partial charge in [-0.3, -0.25) is 5.14 Å². The predicted molar refractivity (Wildman–Crippen MR) is 73.7 cm³/mol. The van der Waals surface area contributed by atoms with Gasteiger partial charge >= 0.3 is 0 Å². The third kappa shape index (κ3) is 1.89. The zero-order valence-corrected chi connectivity index (χ0v) is 11.1. The van der Waals surface area contributed by atoms with E-state index in [0.29, 0.717) is 0 Å². The first-order valence-electron chi connectivity index (χ1n) is 5.48. The van der Waals surface area contributed by atoms with E-state index in [1.165, 1.54) is 28.8 Å². The van der Waals surface area contributed by atoms with E-state index in [1.807, 2.05) is 18.2 Å². The van der Waals surface area contributed by atoms with Gasteiger partial charge in [0.05, 0.1) is 11.5 Å². The molecule has 0 fully saturated rings. The number of rotatable bonds is 2. The summed E-state index contributed by atoms with van der Waals surface area (Å²) in [7, 11) is 0. The molecule has 1 aromatic heterocycles. The fraction of sp³-hybridized carbons (Fsp3) is 0.154. The van der Waals surface area contributed by atoms with Gasteiger partial charge in [-0.25, -0.2) is 0 Å². The summed E-state index contributed by atoms with van der Waals surface area (Å²) in [6, 6.07) is 10.1. The first-order chi connectivity index (χ1) is 8.81. The number of benzene rings is 1. The van der Waals surface area contributed by atoms with E-state index in [2.05, 4.69) is 12.1 Å². The van der Waals surface area contributed by atoms with Crippen molar-refractivity contribution in [3.05, 3.63) is 34.7 Å². The number of ether oxygens (including phenoxy) is 1. The molecule has 0 saturated heterocycles. The number of nitrogens with two attached hydrogens (primary N) is 1. The van der Waals surface area contributed by atoms with Gasteiger partial charge in [-0.15, -0.1) is 11.3 Å². The highest BCUT2D eigenvalue weighted by Crippen LogP contribution is 2.39. The molecule has 2 N–H and O–H groups in total. The lowest BCUT2D eigenvalue weighted by Crippen LogP contribution is -1.89. The van der Waals surface area contributed by atoms with Crippen LogP contribution in [0.5, 0.6) is 5.75 Å². The van der Waals surface area contributed by atoms with Crippen LogP contribution in [0, 0.1) is 11.3 Å². The topological polar surface area (TPSA) is 59.0 Å². The average Bonchev–Trinajstić information content (AvgIpc) is 3.05. The highest BCUT2D eigenvalue weighted by molar-refractivity contribution is 7.97. The highest BCUT2D eigenvalue weighted by atomic mass is 32.2. The molecule has 0 atom stereocenters. The molecule has 18 heavy (non-hydrogen) atoms. The van der Waals surface area contributed by atoms with Gasteiger partial charge in [0.25, 0.3) is 0 Å². The molecule has 0 spiro atoms. The largest absolute Gasteiger partial charge is 0.492 e. The Morgan fingerprint density at radius 1 is 1.39 bits per heavy atom. The van der Waals surface area contributed by atoms with Crippen molar-refractivity contribution >= 4 is 23.3 Å². The van der Waals surface area contributed by atoms with Gasteiger partial charge in [0.15, 0.2) is 0 Å². The Labute approximate surface area is 113 Å². The molecule has 90 valence electrons. The standard InChI is InChI=1S/C13H10N2OS2/c14-7-10-1-2-11(17-10)9-5-8-3-4-16-13(8)12(6-9)18-15/h1-2,5-6H,3-4,15H2. The second-order valence-corrected chi connectivity index (χ2v) is 5.71. The van der Waals surface area contributed by atoms with Crippen LogP contribution < -0.4 is 9.88 Å². The Morgan fingerprint density at radius 3 is 3.00 bits per heavy atom. The quantitative estimate of drug-likeness (QED) is 0.854. The van der Waals surface area contributed by atoms with Crippen molar-refractivity contribution < 1.29 is 4.74 Å². The number of nitriles is 1. The summed E-state index contributed by atoms with van der Waals surface area (Å²) >= 11 is 2.71. The number of nitrogens with zero attached hydrogens (tertiary/aromatic N) is 1. The van der Waals surface area contributed by atoms with E-state index in [0.717, 1.165) is 39.0 Å². The van der Waals surface area contributed by atoms with Crippen molar-refractivity contribution in [2.75, 3.05) is 6.61 Å². The first-order valence-corrected chi connectivity index (χ1v) is 7.18. The molecule has 0 amide bonds. The number of fused-ring (bicyclic) bond motifs is 1. The van der Waals surface area contributed by atoms with Crippen molar-refractivity contribution in [2.45, 2.75) is 11.3 Å². The number of hydrogen-bond donors (Lipinski definition) is 1. The summed E-state index contributed by atoms with van der Waals surface area (Å²) in [5.74, 6) is 0.920. The summed E-state index contributed by atoms with van der Waals surface area (Å²) < 4.78 is 5.59. The van der Waals surface area contributed by atoms with Crippen molar-refractivity contribution in [1.29, 1.82) is 5.26 Å². The molecule has 0 unspecified atom stereocenters. The van der Waals surface area contributed by atoms with E-state index >= 15 is 0 Å². The van der Waals surface area contributed by atoms with Crippen LogP contribution in [0.25, 0.3) is 10.4 Å². The maximum atomic E-state index is 8.87. The molecule has 0 radical (unpaired) electrons. The lowest BCUT2D eigenvalue weighted by atomic mass is 10.1. The molecule has 5 heteroatoms. The van der Waals surface area contributed by atoms with Crippen molar-refractivity contribution in [2.24, 2.45) is 5.14 Å². The second-order valence-electron chi connectivity index (χ2n) is 3.95.